The van der Waals surface area contributed by atoms with E-state index >= 15 is 0 Å². The summed E-state index contributed by atoms with van der Waals surface area (Å²) in [5.41, 5.74) is -0.429. The second-order valence-corrected chi connectivity index (χ2v) is 8.20. The van der Waals surface area contributed by atoms with E-state index in [0.717, 1.165) is 19.1 Å². The van der Waals surface area contributed by atoms with Crippen LogP contribution in [0.25, 0.3) is 0 Å². The van der Waals surface area contributed by atoms with Gasteiger partial charge in [-0.15, -0.1) is 0 Å². The number of hydrogen-bond donors (Lipinski definition) is 2. The zero-order valence-electron chi connectivity index (χ0n) is 15.4. The monoisotopic (exact) mass is 325 g/mol. The van der Waals surface area contributed by atoms with Crippen LogP contribution < -0.4 is 10.6 Å². The van der Waals surface area contributed by atoms with Gasteiger partial charge in [0.25, 0.3) is 0 Å². The first-order chi connectivity index (χ1) is 10.8. The third-order valence-electron chi connectivity index (χ3n) is 4.86. The van der Waals surface area contributed by atoms with Crippen molar-refractivity contribution in [3.63, 3.8) is 0 Å². The maximum absolute atomic E-state index is 11.8. The number of alkyl carbamates (subject to hydrolysis) is 1. The molecule has 0 aromatic heterocycles. The molecule has 0 radical (unpaired) electrons. The highest BCUT2D eigenvalue weighted by Gasteiger charge is 2.28. The molecule has 134 valence electrons. The molecule has 0 bridgehead atoms. The third kappa shape index (κ3) is 7.08. The van der Waals surface area contributed by atoms with Gasteiger partial charge in [-0.2, -0.15) is 0 Å². The van der Waals surface area contributed by atoms with Crippen molar-refractivity contribution in [2.75, 3.05) is 26.7 Å². The lowest BCUT2D eigenvalue weighted by Crippen LogP contribution is -2.46. The molecular formula is C18H35N3O2. The SMILES string of the molecule is CN(CCNC1CCCCC1CNC(=O)OC(C)(C)C)C1CC1. The van der Waals surface area contributed by atoms with Gasteiger partial charge in [0.1, 0.15) is 5.60 Å². The largest absolute Gasteiger partial charge is 0.444 e. The lowest BCUT2D eigenvalue weighted by Gasteiger charge is -2.33. The van der Waals surface area contributed by atoms with E-state index < -0.39 is 5.60 Å². The van der Waals surface area contributed by atoms with Crippen molar-refractivity contribution < 1.29 is 9.53 Å². The van der Waals surface area contributed by atoms with E-state index in [1.165, 1.54) is 38.5 Å². The van der Waals surface area contributed by atoms with Gasteiger partial charge in [0.2, 0.25) is 0 Å². The van der Waals surface area contributed by atoms with Crippen molar-refractivity contribution in [3.8, 4) is 0 Å². The molecule has 0 aromatic carbocycles. The summed E-state index contributed by atoms with van der Waals surface area (Å²) in [6.45, 7) is 8.56. The lowest BCUT2D eigenvalue weighted by molar-refractivity contribution is 0.0510. The predicted molar refractivity (Wildman–Crippen MR) is 93.6 cm³/mol. The van der Waals surface area contributed by atoms with Crippen molar-refractivity contribution in [2.45, 2.75) is 77.0 Å². The Bertz CT molecular complexity index is 377. The van der Waals surface area contributed by atoms with E-state index in [1.54, 1.807) is 0 Å². The Kier molecular flexibility index (Phi) is 6.72. The van der Waals surface area contributed by atoms with Gasteiger partial charge in [-0.25, -0.2) is 4.79 Å². The number of nitrogens with one attached hydrogen (secondary N) is 2. The standard InChI is InChI=1S/C18H35N3O2/c1-18(2,3)23-17(22)20-13-14-7-5-6-8-16(14)19-11-12-21(4)15-9-10-15/h14-16,19H,5-13H2,1-4H3,(H,20,22). The molecule has 2 unspecified atom stereocenters. The lowest BCUT2D eigenvalue weighted by atomic mass is 9.84. The van der Waals surface area contributed by atoms with E-state index in [-0.39, 0.29) is 6.09 Å². The molecule has 2 rings (SSSR count). The number of rotatable bonds is 7. The Morgan fingerprint density at radius 1 is 1.17 bits per heavy atom. The Morgan fingerprint density at radius 2 is 1.87 bits per heavy atom. The molecule has 0 spiro atoms. The number of ether oxygens (including phenoxy) is 1. The smallest absolute Gasteiger partial charge is 0.407 e. The van der Waals surface area contributed by atoms with Gasteiger partial charge in [-0.1, -0.05) is 12.8 Å². The fourth-order valence-corrected chi connectivity index (χ4v) is 3.37. The molecule has 5 nitrogen and oxygen atoms in total. The summed E-state index contributed by atoms with van der Waals surface area (Å²) < 4.78 is 5.33. The summed E-state index contributed by atoms with van der Waals surface area (Å²) >= 11 is 0. The molecule has 2 aliphatic rings. The Balaban J connectivity index is 1.68. The normalized spacial score (nSPS) is 25.4. The van der Waals surface area contributed by atoms with Crippen LogP contribution in [0.5, 0.6) is 0 Å². The van der Waals surface area contributed by atoms with Gasteiger partial charge in [0, 0.05) is 31.7 Å². The van der Waals surface area contributed by atoms with Crippen LogP contribution in [0, 0.1) is 5.92 Å². The zero-order valence-corrected chi connectivity index (χ0v) is 15.4. The van der Waals surface area contributed by atoms with Gasteiger partial charge in [-0.05, 0) is 59.4 Å². The summed E-state index contributed by atoms with van der Waals surface area (Å²) in [5, 5.41) is 6.68. The summed E-state index contributed by atoms with van der Waals surface area (Å²) in [7, 11) is 2.22. The van der Waals surface area contributed by atoms with Crippen LogP contribution in [0.4, 0.5) is 4.79 Å². The van der Waals surface area contributed by atoms with Crippen LogP contribution in [0.2, 0.25) is 0 Å². The first-order valence-electron chi connectivity index (χ1n) is 9.25. The quantitative estimate of drug-likeness (QED) is 0.756. The number of hydrogen-bond acceptors (Lipinski definition) is 4. The highest BCUT2D eigenvalue weighted by Crippen LogP contribution is 2.26. The summed E-state index contributed by atoms with van der Waals surface area (Å²) in [6, 6.07) is 1.35. The highest BCUT2D eigenvalue weighted by molar-refractivity contribution is 5.67. The number of carbonyl (C=O) groups is 1. The van der Waals surface area contributed by atoms with Crippen LogP contribution in [-0.2, 0) is 4.74 Å². The molecule has 0 aliphatic heterocycles. The van der Waals surface area contributed by atoms with E-state index in [9.17, 15) is 4.79 Å². The van der Waals surface area contributed by atoms with Crippen LogP contribution >= 0.6 is 0 Å². The second kappa shape index (κ2) is 8.34. The Labute approximate surface area is 141 Å². The van der Waals surface area contributed by atoms with E-state index in [0.29, 0.717) is 18.5 Å². The minimum absolute atomic E-state index is 0.296. The average molecular weight is 325 g/mol. The van der Waals surface area contributed by atoms with Gasteiger partial charge < -0.3 is 20.3 Å². The van der Waals surface area contributed by atoms with Crippen molar-refractivity contribution in [1.29, 1.82) is 0 Å². The van der Waals surface area contributed by atoms with Crippen LogP contribution in [0.15, 0.2) is 0 Å². The molecule has 2 fully saturated rings. The minimum atomic E-state index is -0.429. The van der Waals surface area contributed by atoms with Crippen molar-refractivity contribution in [2.24, 2.45) is 5.92 Å². The minimum Gasteiger partial charge on any atom is -0.444 e. The van der Waals surface area contributed by atoms with E-state index in [2.05, 4.69) is 22.6 Å². The third-order valence-corrected chi connectivity index (χ3v) is 4.86. The first kappa shape index (κ1) is 18.5. The molecule has 2 saturated carbocycles. The Hall–Kier alpha value is -0.810. The van der Waals surface area contributed by atoms with Crippen molar-refractivity contribution >= 4 is 6.09 Å². The zero-order chi connectivity index (χ0) is 16.9. The first-order valence-corrected chi connectivity index (χ1v) is 9.25. The average Bonchev–Trinajstić information content (AvgIpc) is 3.29. The fraction of sp³-hybridized carbons (Fsp3) is 0.944. The molecule has 0 saturated heterocycles. The summed E-state index contributed by atoms with van der Waals surface area (Å²) in [5.74, 6) is 0.516. The van der Waals surface area contributed by atoms with Crippen LogP contribution in [0.3, 0.4) is 0 Å². The summed E-state index contributed by atoms with van der Waals surface area (Å²) in [6.07, 6.45) is 7.39. The maximum Gasteiger partial charge on any atom is 0.407 e. The second-order valence-electron chi connectivity index (χ2n) is 8.20. The molecule has 2 N–H and O–H groups in total. The predicted octanol–water partition coefficient (Wildman–Crippen LogP) is 2.75. The summed E-state index contributed by atoms with van der Waals surface area (Å²) in [4.78, 5) is 14.3. The molecule has 2 aliphatic carbocycles. The van der Waals surface area contributed by atoms with Crippen molar-refractivity contribution in [1.82, 2.24) is 15.5 Å². The van der Waals surface area contributed by atoms with Crippen LogP contribution in [-0.4, -0.2) is 55.4 Å². The number of nitrogens with zero attached hydrogens (tertiary/aromatic N) is 1. The molecule has 1 amide bonds. The number of likely N-dealkylation sites (N-methyl/N-ethyl adjacent to an activating group) is 1. The Morgan fingerprint density at radius 3 is 2.52 bits per heavy atom. The number of carbonyl (C=O) groups excluding carboxylic acids is 1. The number of amides is 1. The van der Waals surface area contributed by atoms with Gasteiger partial charge in [0.05, 0.1) is 0 Å². The molecule has 0 heterocycles. The topological polar surface area (TPSA) is 53.6 Å². The van der Waals surface area contributed by atoms with Crippen molar-refractivity contribution in [3.05, 3.63) is 0 Å². The van der Waals surface area contributed by atoms with E-state index in [4.69, 9.17) is 4.74 Å². The fourth-order valence-electron chi connectivity index (χ4n) is 3.37. The molecule has 0 aromatic rings. The molecule has 23 heavy (non-hydrogen) atoms. The molecule has 2 atom stereocenters. The molecular weight excluding hydrogens is 290 g/mol. The highest BCUT2D eigenvalue weighted by atomic mass is 16.6. The molecule has 5 heteroatoms. The van der Waals surface area contributed by atoms with Gasteiger partial charge in [-0.3, -0.25) is 0 Å². The van der Waals surface area contributed by atoms with Gasteiger partial charge in [0.15, 0.2) is 0 Å². The maximum atomic E-state index is 11.8. The van der Waals surface area contributed by atoms with Gasteiger partial charge >= 0.3 is 6.09 Å². The van der Waals surface area contributed by atoms with Crippen LogP contribution in [0.1, 0.15) is 59.3 Å². The van der Waals surface area contributed by atoms with E-state index in [1.807, 2.05) is 20.8 Å².